The molecule has 4 rings (SSSR count). The molecule has 6 nitrogen and oxygen atoms in total. The number of benzene rings is 2. The van der Waals surface area contributed by atoms with Crippen molar-refractivity contribution in [1.29, 1.82) is 0 Å². The van der Waals surface area contributed by atoms with Gasteiger partial charge in [0.2, 0.25) is 11.8 Å². The highest BCUT2D eigenvalue weighted by Gasteiger charge is 2.09. The van der Waals surface area contributed by atoms with Crippen molar-refractivity contribution in [1.82, 2.24) is 15.0 Å². The van der Waals surface area contributed by atoms with E-state index in [9.17, 15) is 4.39 Å². The van der Waals surface area contributed by atoms with Crippen LogP contribution in [0.25, 0.3) is 0 Å². The quantitative estimate of drug-likeness (QED) is 0.384. The number of hydrogen-bond acceptors (Lipinski definition) is 7. The van der Waals surface area contributed by atoms with Gasteiger partial charge in [0.1, 0.15) is 17.4 Å². The van der Waals surface area contributed by atoms with Crippen LogP contribution in [0.15, 0.2) is 82.8 Å². The maximum absolute atomic E-state index is 14.6. The molecule has 0 aliphatic rings. The van der Waals surface area contributed by atoms with Crippen molar-refractivity contribution < 1.29 is 9.13 Å². The van der Waals surface area contributed by atoms with E-state index in [0.29, 0.717) is 27.2 Å². The molecule has 2 aromatic carbocycles. The van der Waals surface area contributed by atoms with Crippen LogP contribution in [-0.2, 0) is 0 Å². The molecule has 30 heavy (non-hydrogen) atoms. The maximum Gasteiger partial charge on any atom is 0.226 e. The van der Waals surface area contributed by atoms with E-state index < -0.39 is 0 Å². The van der Waals surface area contributed by atoms with Gasteiger partial charge in [-0.2, -0.15) is 9.97 Å². The van der Waals surface area contributed by atoms with E-state index >= 15 is 0 Å². The molecule has 0 amide bonds. The van der Waals surface area contributed by atoms with Gasteiger partial charge in [0.25, 0.3) is 0 Å². The Morgan fingerprint density at radius 2 is 1.83 bits per heavy atom. The zero-order valence-corrected chi connectivity index (χ0v) is 17.0. The number of nitrogens with one attached hydrogen (secondary N) is 1. The molecular formula is C21H15ClFN5OS. The molecule has 0 saturated carbocycles. The van der Waals surface area contributed by atoms with Crippen LogP contribution in [0.5, 0.6) is 11.6 Å². The summed E-state index contributed by atoms with van der Waals surface area (Å²) in [5, 5.41) is 3.55. The number of ether oxygens (including phenoxy) is 1. The molecule has 0 atom stereocenters. The summed E-state index contributed by atoms with van der Waals surface area (Å²) in [6.07, 6.45) is 3.33. The van der Waals surface area contributed by atoms with Crippen LogP contribution >= 0.6 is 23.4 Å². The molecule has 0 unspecified atom stereocenters. The summed E-state index contributed by atoms with van der Waals surface area (Å²) in [5.41, 5.74) is 6.30. The summed E-state index contributed by atoms with van der Waals surface area (Å²) >= 11 is 7.29. The van der Waals surface area contributed by atoms with E-state index in [1.165, 1.54) is 17.8 Å². The standard InChI is InChI=1S/C21H15ClFN5OS/c22-13-2-1-3-15(10-13)29-20-12-19(27-21(24)28-20)26-14-4-5-18(17(23)11-14)30-16-6-8-25-9-7-16/h1-12H,(H3,24,26,27,28). The van der Waals surface area contributed by atoms with Gasteiger partial charge in [0.05, 0.1) is 0 Å². The van der Waals surface area contributed by atoms with E-state index in [-0.39, 0.29) is 17.6 Å². The van der Waals surface area contributed by atoms with Gasteiger partial charge in [0, 0.05) is 39.0 Å². The molecule has 0 aliphatic carbocycles. The Bertz CT molecular complexity index is 1180. The first-order valence-corrected chi connectivity index (χ1v) is 9.97. The topological polar surface area (TPSA) is 86.0 Å². The smallest absolute Gasteiger partial charge is 0.226 e. The Hall–Kier alpha value is -3.36. The molecular weight excluding hydrogens is 425 g/mol. The lowest BCUT2D eigenvalue weighted by atomic mass is 10.3. The van der Waals surface area contributed by atoms with Crippen LogP contribution in [0.2, 0.25) is 5.02 Å². The summed E-state index contributed by atoms with van der Waals surface area (Å²) in [5.74, 6) is 0.766. The lowest BCUT2D eigenvalue weighted by Crippen LogP contribution is -2.02. The number of nitrogen functional groups attached to an aromatic ring is 1. The highest BCUT2D eigenvalue weighted by molar-refractivity contribution is 7.99. The fourth-order valence-electron chi connectivity index (χ4n) is 2.55. The van der Waals surface area contributed by atoms with Crippen LogP contribution in [0.1, 0.15) is 0 Å². The van der Waals surface area contributed by atoms with Gasteiger partial charge in [-0.05, 0) is 48.5 Å². The third kappa shape index (κ3) is 5.16. The van der Waals surface area contributed by atoms with Crippen LogP contribution in [-0.4, -0.2) is 15.0 Å². The second-order valence-electron chi connectivity index (χ2n) is 6.06. The SMILES string of the molecule is Nc1nc(Nc2ccc(Sc3ccncc3)c(F)c2)cc(Oc2cccc(Cl)c2)n1. The normalized spacial score (nSPS) is 10.6. The fourth-order valence-corrected chi connectivity index (χ4v) is 3.54. The molecule has 0 saturated heterocycles. The molecule has 2 aromatic heterocycles. The van der Waals surface area contributed by atoms with E-state index in [1.54, 1.807) is 54.9 Å². The number of hydrogen-bond donors (Lipinski definition) is 2. The molecule has 9 heteroatoms. The maximum atomic E-state index is 14.6. The minimum atomic E-state index is -0.362. The Morgan fingerprint density at radius 3 is 2.60 bits per heavy atom. The second-order valence-corrected chi connectivity index (χ2v) is 7.62. The summed E-state index contributed by atoms with van der Waals surface area (Å²) < 4.78 is 20.2. The van der Waals surface area contributed by atoms with E-state index in [2.05, 4.69) is 20.3 Å². The van der Waals surface area contributed by atoms with E-state index in [4.69, 9.17) is 22.1 Å². The van der Waals surface area contributed by atoms with Crippen molar-refractivity contribution in [2.24, 2.45) is 0 Å². The number of nitrogens with zero attached hydrogens (tertiary/aromatic N) is 3. The Morgan fingerprint density at radius 1 is 1.00 bits per heavy atom. The molecule has 4 aromatic rings. The van der Waals surface area contributed by atoms with Gasteiger partial charge in [-0.25, -0.2) is 4.39 Å². The molecule has 3 N–H and O–H groups in total. The number of anilines is 3. The van der Waals surface area contributed by atoms with Crippen molar-refractivity contribution >= 4 is 40.8 Å². The van der Waals surface area contributed by atoms with E-state index in [0.717, 1.165) is 4.90 Å². The summed E-state index contributed by atoms with van der Waals surface area (Å²) in [6, 6.07) is 16.9. The van der Waals surface area contributed by atoms with Gasteiger partial charge < -0.3 is 15.8 Å². The van der Waals surface area contributed by atoms with Crippen molar-refractivity contribution in [2.45, 2.75) is 9.79 Å². The molecule has 0 fully saturated rings. The first kappa shape index (κ1) is 19.9. The zero-order valence-electron chi connectivity index (χ0n) is 15.4. The Balaban J connectivity index is 1.51. The van der Waals surface area contributed by atoms with Gasteiger partial charge in [-0.3, -0.25) is 4.98 Å². The molecule has 0 bridgehead atoms. The second kappa shape index (κ2) is 8.98. The summed E-state index contributed by atoms with van der Waals surface area (Å²) in [7, 11) is 0. The Kier molecular flexibility index (Phi) is 5.97. The molecule has 0 spiro atoms. The first-order valence-electron chi connectivity index (χ1n) is 8.77. The first-order chi connectivity index (χ1) is 14.5. The minimum absolute atomic E-state index is 0.0161. The molecule has 150 valence electrons. The number of nitrogens with two attached hydrogens (primary N) is 1. The molecule has 0 radical (unpaired) electrons. The lowest BCUT2D eigenvalue weighted by molar-refractivity contribution is 0.463. The monoisotopic (exact) mass is 439 g/mol. The molecule has 0 aliphatic heterocycles. The minimum Gasteiger partial charge on any atom is -0.439 e. The summed E-state index contributed by atoms with van der Waals surface area (Å²) in [4.78, 5) is 13.5. The number of halogens is 2. The van der Waals surface area contributed by atoms with Gasteiger partial charge in [-0.1, -0.05) is 29.4 Å². The number of rotatable bonds is 6. The van der Waals surface area contributed by atoms with Gasteiger partial charge in [0.15, 0.2) is 0 Å². The van der Waals surface area contributed by atoms with Crippen LogP contribution < -0.4 is 15.8 Å². The highest BCUT2D eigenvalue weighted by atomic mass is 35.5. The largest absolute Gasteiger partial charge is 0.439 e. The van der Waals surface area contributed by atoms with Gasteiger partial charge >= 0.3 is 0 Å². The summed E-state index contributed by atoms with van der Waals surface area (Å²) in [6.45, 7) is 0. The van der Waals surface area contributed by atoms with Crippen molar-refractivity contribution in [3.05, 3.63) is 83.9 Å². The molecule has 2 heterocycles. The van der Waals surface area contributed by atoms with Crippen molar-refractivity contribution in [3.63, 3.8) is 0 Å². The zero-order chi connectivity index (χ0) is 20.9. The number of pyridine rings is 1. The van der Waals surface area contributed by atoms with Crippen LogP contribution in [0, 0.1) is 5.82 Å². The predicted molar refractivity (Wildman–Crippen MR) is 116 cm³/mol. The van der Waals surface area contributed by atoms with Crippen molar-refractivity contribution in [2.75, 3.05) is 11.1 Å². The third-order valence-electron chi connectivity index (χ3n) is 3.82. The third-order valence-corrected chi connectivity index (χ3v) is 5.11. The highest BCUT2D eigenvalue weighted by Crippen LogP contribution is 2.32. The average Bonchev–Trinajstić information content (AvgIpc) is 2.70. The Labute approximate surface area is 181 Å². The number of aromatic nitrogens is 3. The average molecular weight is 440 g/mol. The predicted octanol–water partition coefficient (Wildman–Crippen LogP) is 5.93. The lowest BCUT2D eigenvalue weighted by Gasteiger charge is -2.11. The van der Waals surface area contributed by atoms with E-state index in [1.807, 2.05) is 12.1 Å². The fraction of sp³-hybridized carbons (Fsp3) is 0. The van der Waals surface area contributed by atoms with Crippen LogP contribution in [0.4, 0.5) is 21.8 Å². The van der Waals surface area contributed by atoms with Gasteiger partial charge in [-0.15, -0.1) is 0 Å². The van der Waals surface area contributed by atoms with Crippen molar-refractivity contribution in [3.8, 4) is 11.6 Å². The van der Waals surface area contributed by atoms with Crippen LogP contribution in [0.3, 0.4) is 0 Å².